The Hall–Kier alpha value is -4.17. The molecule has 0 aliphatic heterocycles. The average molecular weight is 566 g/mol. The molecule has 0 aliphatic carbocycles. The first kappa shape index (κ1) is 26.9. The Bertz CT molecular complexity index is 1600. The molecule has 8 nitrogen and oxygen atoms in total. The van der Waals surface area contributed by atoms with Gasteiger partial charge in [-0.3, -0.25) is 9.10 Å². The molecule has 4 aromatic rings. The molecule has 11 heteroatoms. The fraction of sp³-hybridized carbons (Fsp3) is 0.0741. The van der Waals surface area contributed by atoms with Crippen LogP contribution in [0.4, 0.5) is 10.7 Å². The van der Waals surface area contributed by atoms with Gasteiger partial charge in [0.15, 0.2) is 6.61 Å². The van der Waals surface area contributed by atoms with Gasteiger partial charge in [0, 0.05) is 5.02 Å². The largest absolute Gasteiger partial charge is 0.452 e. The van der Waals surface area contributed by atoms with Crippen molar-refractivity contribution in [3.8, 4) is 6.07 Å². The van der Waals surface area contributed by atoms with Crippen LogP contribution in [0.25, 0.3) is 0 Å². The number of halogens is 1. The van der Waals surface area contributed by atoms with E-state index in [1.807, 2.05) is 36.4 Å². The number of nitrogens with zero attached hydrogens (tertiary/aromatic N) is 2. The second kappa shape index (κ2) is 11.9. The first-order chi connectivity index (χ1) is 18.3. The lowest BCUT2D eigenvalue weighted by Crippen LogP contribution is -2.30. The van der Waals surface area contributed by atoms with Crippen LogP contribution in [0.1, 0.15) is 21.5 Å². The lowest BCUT2D eigenvalue weighted by atomic mass is 10.2. The fourth-order valence-corrected chi connectivity index (χ4v) is 5.83. The van der Waals surface area contributed by atoms with Crippen molar-refractivity contribution < 1.29 is 22.7 Å². The number of hydrogen-bond acceptors (Lipinski definition) is 7. The molecule has 0 bridgehead atoms. The molecule has 0 atom stereocenters. The molecule has 192 valence electrons. The van der Waals surface area contributed by atoms with Crippen LogP contribution in [0.5, 0.6) is 0 Å². The molecule has 4 rings (SSSR count). The number of anilines is 2. The quantitative estimate of drug-likeness (QED) is 0.269. The molecule has 38 heavy (non-hydrogen) atoms. The highest BCUT2D eigenvalue weighted by Crippen LogP contribution is 2.28. The van der Waals surface area contributed by atoms with E-state index in [1.165, 1.54) is 39.9 Å². The number of thiophene rings is 1. The molecule has 1 N–H and O–H groups in total. The lowest BCUT2D eigenvalue weighted by molar-refractivity contribution is -0.119. The SMILES string of the molecule is N#Cc1ccsc1NC(=O)COC(=O)c1cccc(S(=O)(=O)N(Cc2ccccc2)c2ccc(Cl)cc2)c1. The number of nitrogens with one attached hydrogen (secondary N) is 1. The van der Waals surface area contributed by atoms with Crippen molar-refractivity contribution >= 4 is 55.5 Å². The number of amides is 1. The van der Waals surface area contributed by atoms with Gasteiger partial charge in [-0.15, -0.1) is 11.3 Å². The van der Waals surface area contributed by atoms with E-state index in [2.05, 4.69) is 5.32 Å². The number of rotatable bonds is 9. The highest BCUT2D eigenvalue weighted by molar-refractivity contribution is 7.92. The van der Waals surface area contributed by atoms with Crippen LogP contribution in [0, 0.1) is 11.3 Å². The Labute approximate surface area is 228 Å². The van der Waals surface area contributed by atoms with Crippen molar-refractivity contribution in [2.24, 2.45) is 0 Å². The minimum absolute atomic E-state index is 0.0384. The van der Waals surface area contributed by atoms with Crippen molar-refractivity contribution in [2.75, 3.05) is 16.2 Å². The van der Waals surface area contributed by atoms with Gasteiger partial charge in [-0.25, -0.2) is 13.2 Å². The van der Waals surface area contributed by atoms with Crippen molar-refractivity contribution in [1.82, 2.24) is 0 Å². The first-order valence-corrected chi connectivity index (χ1v) is 13.8. The van der Waals surface area contributed by atoms with Crippen LogP contribution in [-0.4, -0.2) is 26.9 Å². The maximum absolute atomic E-state index is 13.8. The monoisotopic (exact) mass is 565 g/mol. The summed E-state index contributed by atoms with van der Waals surface area (Å²) in [5.74, 6) is -1.50. The third kappa shape index (κ3) is 6.39. The summed E-state index contributed by atoms with van der Waals surface area (Å²) in [6.07, 6.45) is 0. The van der Waals surface area contributed by atoms with E-state index < -0.39 is 28.5 Å². The number of nitriles is 1. The lowest BCUT2D eigenvalue weighted by Gasteiger charge is -2.25. The highest BCUT2D eigenvalue weighted by Gasteiger charge is 2.26. The van der Waals surface area contributed by atoms with Gasteiger partial charge < -0.3 is 10.1 Å². The second-order valence-electron chi connectivity index (χ2n) is 7.90. The molecule has 0 spiro atoms. The molecular weight excluding hydrogens is 546 g/mol. The second-order valence-corrected chi connectivity index (χ2v) is 11.1. The van der Waals surface area contributed by atoms with Crippen molar-refractivity contribution in [2.45, 2.75) is 11.4 Å². The summed E-state index contributed by atoms with van der Waals surface area (Å²) in [4.78, 5) is 24.7. The highest BCUT2D eigenvalue weighted by atomic mass is 35.5. The molecule has 0 aliphatic rings. The summed E-state index contributed by atoms with van der Waals surface area (Å²) >= 11 is 7.17. The zero-order chi connectivity index (χ0) is 27.1. The van der Waals surface area contributed by atoms with Crippen molar-refractivity contribution in [1.29, 1.82) is 5.26 Å². The summed E-state index contributed by atoms with van der Waals surface area (Å²) < 4.78 is 33.8. The number of carbonyl (C=O) groups is 2. The Morgan fingerprint density at radius 1 is 1.00 bits per heavy atom. The van der Waals surface area contributed by atoms with Crippen LogP contribution < -0.4 is 9.62 Å². The molecule has 0 radical (unpaired) electrons. The topological polar surface area (TPSA) is 117 Å². The van der Waals surface area contributed by atoms with Gasteiger partial charge in [-0.2, -0.15) is 5.26 Å². The van der Waals surface area contributed by atoms with E-state index in [1.54, 1.807) is 35.7 Å². The van der Waals surface area contributed by atoms with E-state index in [-0.39, 0.29) is 17.0 Å². The summed E-state index contributed by atoms with van der Waals surface area (Å²) in [7, 11) is -4.12. The standard InChI is InChI=1S/C27H20ClN3O5S2/c28-22-9-11-23(12-10-22)31(17-19-5-2-1-3-6-19)38(34,35)24-8-4-7-20(15-24)27(33)36-18-25(32)30-26-21(16-29)13-14-37-26/h1-15H,17-18H2,(H,30,32). The molecule has 0 saturated heterocycles. The van der Waals surface area contributed by atoms with Gasteiger partial charge in [-0.05, 0) is 59.5 Å². The van der Waals surface area contributed by atoms with Gasteiger partial charge in [0.2, 0.25) is 0 Å². The summed E-state index contributed by atoms with van der Waals surface area (Å²) in [5.41, 5.74) is 1.42. The van der Waals surface area contributed by atoms with Crippen LogP contribution in [0.3, 0.4) is 0 Å². The number of esters is 1. The Kier molecular flexibility index (Phi) is 8.43. The van der Waals surface area contributed by atoms with Crippen molar-refractivity contribution in [3.05, 3.63) is 112 Å². The Morgan fingerprint density at radius 2 is 1.74 bits per heavy atom. The van der Waals surface area contributed by atoms with Gasteiger partial charge in [0.25, 0.3) is 15.9 Å². The maximum atomic E-state index is 13.8. The smallest absolute Gasteiger partial charge is 0.338 e. The Morgan fingerprint density at radius 3 is 2.45 bits per heavy atom. The normalized spacial score (nSPS) is 10.8. The molecule has 0 unspecified atom stereocenters. The molecule has 1 heterocycles. The van der Waals surface area contributed by atoms with E-state index in [9.17, 15) is 18.0 Å². The third-order valence-electron chi connectivity index (χ3n) is 5.31. The molecule has 0 fully saturated rings. The fourth-order valence-electron chi connectivity index (χ4n) is 3.45. The van der Waals surface area contributed by atoms with E-state index in [0.29, 0.717) is 21.3 Å². The van der Waals surface area contributed by atoms with Gasteiger partial charge in [0.1, 0.15) is 11.1 Å². The number of sulfonamides is 1. The molecule has 1 aromatic heterocycles. The predicted molar refractivity (Wildman–Crippen MR) is 146 cm³/mol. The number of hydrogen-bond donors (Lipinski definition) is 1. The number of carbonyl (C=O) groups excluding carboxylic acids is 2. The number of ether oxygens (including phenoxy) is 1. The van der Waals surface area contributed by atoms with Crippen LogP contribution in [0.15, 0.2) is 95.2 Å². The summed E-state index contributed by atoms with van der Waals surface area (Å²) in [6, 6.07) is 24.4. The Balaban J connectivity index is 1.54. The van der Waals surface area contributed by atoms with Gasteiger partial charge >= 0.3 is 5.97 Å². The van der Waals surface area contributed by atoms with E-state index >= 15 is 0 Å². The van der Waals surface area contributed by atoms with Crippen LogP contribution in [0.2, 0.25) is 5.02 Å². The molecular formula is C27H20ClN3O5S2. The molecule has 3 aromatic carbocycles. The minimum Gasteiger partial charge on any atom is -0.452 e. The summed E-state index contributed by atoms with van der Waals surface area (Å²) in [6.45, 7) is -0.559. The predicted octanol–water partition coefficient (Wildman–Crippen LogP) is 5.46. The maximum Gasteiger partial charge on any atom is 0.338 e. The van der Waals surface area contributed by atoms with Crippen molar-refractivity contribution in [3.63, 3.8) is 0 Å². The zero-order valence-corrected chi connectivity index (χ0v) is 22.1. The molecule has 0 saturated carbocycles. The van der Waals surface area contributed by atoms with E-state index in [4.69, 9.17) is 21.6 Å². The van der Waals surface area contributed by atoms with Gasteiger partial charge in [-0.1, -0.05) is 48.0 Å². The first-order valence-electron chi connectivity index (χ1n) is 11.1. The third-order valence-corrected chi connectivity index (χ3v) is 8.17. The minimum atomic E-state index is -4.12. The van der Waals surface area contributed by atoms with Gasteiger partial charge in [0.05, 0.1) is 28.3 Å². The average Bonchev–Trinajstić information content (AvgIpc) is 3.38. The van der Waals surface area contributed by atoms with Crippen LogP contribution >= 0.6 is 22.9 Å². The van der Waals surface area contributed by atoms with Crippen LogP contribution in [-0.2, 0) is 26.1 Å². The number of benzene rings is 3. The molecule has 1 amide bonds. The zero-order valence-electron chi connectivity index (χ0n) is 19.7. The summed E-state index contributed by atoms with van der Waals surface area (Å²) in [5, 5.41) is 14.0. The van der Waals surface area contributed by atoms with E-state index in [0.717, 1.165) is 5.56 Å².